The van der Waals surface area contributed by atoms with E-state index in [1.165, 1.54) is 12.0 Å². The highest BCUT2D eigenvalue weighted by molar-refractivity contribution is 6.46. The van der Waals surface area contributed by atoms with Crippen molar-refractivity contribution in [3.8, 4) is 5.75 Å². The number of carbonyl (C=O) groups is 2. The van der Waals surface area contributed by atoms with Gasteiger partial charge in [0.1, 0.15) is 11.5 Å². The van der Waals surface area contributed by atoms with Crippen LogP contribution in [0, 0.1) is 6.92 Å². The minimum atomic E-state index is -0.733. The molecular weight excluding hydrogens is 418 g/mol. The number of hydrogen-bond donors (Lipinski definition) is 1. The van der Waals surface area contributed by atoms with Crippen molar-refractivity contribution in [1.82, 2.24) is 14.8 Å². The first kappa shape index (κ1) is 22.8. The first-order valence-corrected chi connectivity index (χ1v) is 10.3. The normalized spacial score (nSPS) is 18.1. The van der Waals surface area contributed by atoms with Crippen molar-refractivity contribution in [2.24, 2.45) is 0 Å². The number of aromatic nitrogens is 1. The molecule has 0 bridgehead atoms. The van der Waals surface area contributed by atoms with Crippen LogP contribution in [0.3, 0.4) is 0 Å². The predicted octanol–water partition coefficient (Wildman–Crippen LogP) is 3.43. The Morgan fingerprint density at radius 1 is 1.26 bits per heavy atom. The van der Waals surface area contributed by atoms with E-state index < -0.39 is 17.7 Å². The van der Waals surface area contributed by atoms with Gasteiger partial charge in [-0.15, -0.1) is 0 Å². The second-order valence-corrected chi connectivity index (χ2v) is 8.16. The average Bonchev–Trinajstić information content (AvgIpc) is 2.98. The molecule has 164 valence electrons. The Labute approximate surface area is 186 Å². The van der Waals surface area contributed by atoms with Crippen LogP contribution < -0.4 is 4.74 Å². The van der Waals surface area contributed by atoms with E-state index in [2.05, 4.69) is 4.98 Å². The van der Waals surface area contributed by atoms with Crippen LogP contribution in [0.5, 0.6) is 5.75 Å². The summed E-state index contributed by atoms with van der Waals surface area (Å²) in [6, 6.07) is 6.14. The molecular formula is C23H26ClN3O4. The number of ether oxygens (including phenoxy) is 1. The summed E-state index contributed by atoms with van der Waals surface area (Å²) in [6.45, 7) is 2.95. The summed E-state index contributed by atoms with van der Waals surface area (Å²) < 4.78 is 5.38. The fourth-order valence-corrected chi connectivity index (χ4v) is 4.17. The summed E-state index contributed by atoms with van der Waals surface area (Å²) in [5.74, 6) is -1.43. The van der Waals surface area contributed by atoms with E-state index >= 15 is 0 Å². The highest BCUT2D eigenvalue weighted by Crippen LogP contribution is 2.42. The molecule has 1 amide bonds. The summed E-state index contributed by atoms with van der Waals surface area (Å²) in [5, 5.41) is 11.6. The third kappa shape index (κ3) is 4.57. The largest absolute Gasteiger partial charge is 0.507 e. The maximum atomic E-state index is 13.1. The van der Waals surface area contributed by atoms with Crippen molar-refractivity contribution in [2.75, 3.05) is 34.3 Å². The molecule has 1 N–H and O–H groups in total. The minimum absolute atomic E-state index is 0.0148. The molecule has 1 fully saturated rings. The van der Waals surface area contributed by atoms with Crippen molar-refractivity contribution in [3.63, 3.8) is 0 Å². The minimum Gasteiger partial charge on any atom is -0.507 e. The Hall–Kier alpha value is -2.90. The lowest BCUT2D eigenvalue weighted by Crippen LogP contribution is -2.32. The van der Waals surface area contributed by atoms with Gasteiger partial charge in [-0.2, -0.15) is 0 Å². The van der Waals surface area contributed by atoms with Crippen molar-refractivity contribution >= 4 is 29.1 Å². The monoisotopic (exact) mass is 443 g/mol. The summed E-state index contributed by atoms with van der Waals surface area (Å²) in [7, 11) is 5.33. The Bertz CT molecular complexity index is 1020. The number of halogens is 1. The molecule has 1 aromatic carbocycles. The molecule has 0 saturated carbocycles. The number of aliphatic hydroxyl groups is 1. The number of rotatable bonds is 7. The topological polar surface area (TPSA) is 83.0 Å². The summed E-state index contributed by atoms with van der Waals surface area (Å²) >= 11 is 6.30. The van der Waals surface area contributed by atoms with Crippen LogP contribution in [0.25, 0.3) is 5.76 Å². The molecule has 3 rings (SSSR count). The third-order valence-corrected chi connectivity index (χ3v) is 5.49. The average molecular weight is 444 g/mol. The van der Waals surface area contributed by atoms with Gasteiger partial charge >= 0.3 is 0 Å². The van der Waals surface area contributed by atoms with Crippen LogP contribution in [-0.4, -0.2) is 65.9 Å². The Morgan fingerprint density at radius 3 is 2.55 bits per heavy atom. The van der Waals surface area contributed by atoms with E-state index in [9.17, 15) is 14.7 Å². The van der Waals surface area contributed by atoms with Gasteiger partial charge in [0.2, 0.25) is 0 Å². The molecule has 1 aliphatic heterocycles. The number of ketones is 1. The summed E-state index contributed by atoms with van der Waals surface area (Å²) in [4.78, 5) is 33.6. The molecule has 2 heterocycles. The molecule has 0 radical (unpaired) electrons. The van der Waals surface area contributed by atoms with Crippen molar-refractivity contribution < 1.29 is 19.4 Å². The highest BCUT2D eigenvalue weighted by atomic mass is 35.5. The van der Waals surface area contributed by atoms with Gasteiger partial charge < -0.3 is 19.6 Å². The lowest BCUT2D eigenvalue weighted by Gasteiger charge is -2.26. The molecule has 1 aromatic heterocycles. The molecule has 0 spiro atoms. The number of carbonyl (C=O) groups excluding carboxylic acids is 2. The van der Waals surface area contributed by atoms with Crippen molar-refractivity contribution in [1.29, 1.82) is 0 Å². The lowest BCUT2D eigenvalue weighted by molar-refractivity contribution is -0.139. The maximum Gasteiger partial charge on any atom is 0.295 e. The van der Waals surface area contributed by atoms with E-state index in [0.717, 1.165) is 12.1 Å². The van der Waals surface area contributed by atoms with Crippen LogP contribution >= 0.6 is 11.6 Å². The summed E-state index contributed by atoms with van der Waals surface area (Å²) in [5.41, 5.74) is 1.77. The highest BCUT2D eigenvalue weighted by Gasteiger charge is 2.46. The fourth-order valence-electron chi connectivity index (χ4n) is 3.82. The molecule has 0 aliphatic carbocycles. The molecule has 7 nitrogen and oxygen atoms in total. The quantitative estimate of drug-likeness (QED) is 0.401. The first-order valence-electron chi connectivity index (χ1n) is 9.93. The van der Waals surface area contributed by atoms with Gasteiger partial charge in [-0.25, -0.2) is 0 Å². The maximum absolute atomic E-state index is 13.1. The van der Waals surface area contributed by atoms with Gasteiger partial charge in [0.15, 0.2) is 0 Å². The van der Waals surface area contributed by atoms with Crippen LogP contribution in [-0.2, 0) is 9.59 Å². The van der Waals surface area contributed by atoms with Gasteiger partial charge in [-0.05, 0) is 69.4 Å². The zero-order chi connectivity index (χ0) is 22.7. The second-order valence-electron chi connectivity index (χ2n) is 7.76. The SMILES string of the molecule is COc1c(Cl)cc(C)cc1/C(O)=C1\C(=O)C(=O)N(CCCN(C)C)C1c1ccncc1. The third-order valence-electron chi connectivity index (χ3n) is 5.21. The van der Waals surface area contributed by atoms with Gasteiger partial charge in [-0.1, -0.05) is 11.6 Å². The molecule has 1 atom stereocenters. The van der Waals surface area contributed by atoms with Crippen LogP contribution in [0.2, 0.25) is 5.02 Å². The number of nitrogens with zero attached hydrogens (tertiary/aromatic N) is 3. The van der Waals surface area contributed by atoms with Crippen LogP contribution in [0.15, 0.2) is 42.2 Å². The number of Topliss-reactive ketones (excluding diaryl/α,β-unsaturated/α-hetero) is 1. The number of aryl methyl sites for hydroxylation is 1. The number of amides is 1. The number of pyridine rings is 1. The van der Waals surface area contributed by atoms with E-state index in [1.807, 2.05) is 25.9 Å². The number of methoxy groups -OCH3 is 1. The Morgan fingerprint density at radius 2 is 1.94 bits per heavy atom. The fraction of sp³-hybridized carbons (Fsp3) is 0.348. The number of hydrogen-bond acceptors (Lipinski definition) is 6. The molecule has 8 heteroatoms. The van der Waals surface area contributed by atoms with E-state index in [-0.39, 0.29) is 22.6 Å². The van der Waals surface area contributed by atoms with Gasteiger partial charge in [0, 0.05) is 18.9 Å². The Balaban J connectivity index is 2.17. The standard InChI is InChI=1S/C23H26ClN3O4/c1-14-12-16(22(31-4)17(24)13-14)20(28)18-19(15-6-8-25-9-7-15)27(23(30)21(18)29)11-5-10-26(2)3/h6-9,12-13,19,28H,5,10-11H2,1-4H3/b20-18+. The summed E-state index contributed by atoms with van der Waals surface area (Å²) in [6.07, 6.45) is 3.88. The van der Waals surface area contributed by atoms with Crippen LogP contribution in [0.1, 0.15) is 29.2 Å². The molecule has 2 aromatic rings. The van der Waals surface area contributed by atoms with E-state index in [0.29, 0.717) is 23.6 Å². The predicted molar refractivity (Wildman–Crippen MR) is 119 cm³/mol. The van der Waals surface area contributed by atoms with Crippen molar-refractivity contribution in [2.45, 2.75) is 19.4 Å². The van der Waals surface area contributed by atoms with Gasteiger partial charge in [0.25, 0.3) is 11.7 Å². The van der Waals surface area contributed by atoms with Crippen molar-refractivity contribution in [3.05, 3.63) is 63.9 Å². The molecule has 31 heavy (non-hydrogen) atoms. The number of likely N-dealkylation sites (tertiary alicyclic amines) is 1. The zero-order valence-corrected chi connectivity index (χ0v) is 18.8. The number of aliphatic hydroxyl groups excluding tert-OH is 1. The van der Waals surface area contributed by atoms with Gasteiger partial charge in [-0.3, -0.25) is 14.6 Å². The first-order chi connectivity index (χ1) is 14.8. The van der Waals surface area contributed by atoms with Crippen LogP contribution in [0.4, 0.5) is 0 Å². The van der Waals surface area contributed by atoms with Gasteiger partial charge in [0.05, 0.1) is 29.3 Å². The molecule has 1 saturated heterocycles. The lowest BCUT2D eigenvalue weighted by atomic mass is 9.95. The molecule has 1 aliphatic rings. The number of benzene rings is 1. The van der Waals surface area contributed by atoms with E-state index in [4.69, 9.17) is 16.3 Å². The Kier molecular flexibility index (Phi) is 6.97. The second kappa shape index (κ2) is 9.49. The molecule has 1 unspecified atom stereocenters. The smallest absolute Gasteiger partial charge is 0.295 e. The zero-order valence-electron chi connectivity index (χ0n) is 18.1. The van der Waals surface area contributed by atoms with E-state index in [1.54, 1.807) is 36.7 Å².